The average Bonchev–Trinajstić information content (AvgIpc) is 2.87. The number of Topliss-reactive ketones (excluding diaryl/α,β-unsaturated/α-hetero) is 1. The Balaban J connectivity index is 2.25. The lowest BCUT2D eigenvalue weighted by molar-refractivity contribution is -0.112. The highest BCUT2D eigenvalue weighted by Gasteiger charge is 2.37. The molecule has 0 saturated heterocycles. The van der Waals surface area contributed by atoms with Gasteiger partial charge in [0.25, 0.3) is 0 Å². The van der Waals surface area contributed by atoms with Gasteiger partial charge < -0.3 is 0 Å². The third kappa shape index (κ3) is 2.68. The van der Waals surface area contributed by atoms with E-state index in [0.29, 0.717) is 0 Å². The second kappa shape index (κ2) is 6.37. The smallest absolute Gasteiger partial charge is 0.185 e. The molecule has 0 spiro atoms. The molecule has 0 radical (unpaired) electrons. The lowest BCUT2D eigenvalue weighted by Crippen LogP contribution is -2.07. The summed E-state index contributed by atoms with van der Waals surface area (Å²) in [5, 5.41) is 0. The summed E-state index contributed by atoms with van der Waals surface area (Å²) in [7, 11) is 0. The zero-order chi connectivity index (χ0) is 16.4. The van der Waals surface area contributed by atoms with Crippen LogP contribution in [-0.2, 0) is 4.79 Å². The third-order valence-electron chi connectivity index (χ3n) is 4.77. The molecule has 0 bridgehead atoms. The molecule has 1 aliphatic rings. The largest absolute Gasteiger partial charge is 0.289 e. The first kappa shape index (κ1) is 15.5. The Hall–Kier alpha value is -2.41. The van der Waals surface area contributed by atoms with Crippen LogP contribution in [0.2, 0.25) is 0 Å². The summed E-state index contributed by atoms with van der Waals surface area (Å²) >= 11 is 0. The van der Waals surface area contributed by atoms with Gasteiger partial charge in [-0.05, 0) is 37.0 Å². The first-order chi connectivity index (χ1) is 11.1. The Morgan fingerprint density at radius 3 is 2.09 bits per heavy atom. The lowest BCUT2D eigenvalue weighted by atomic mass is 9.83. The van der Waals surface area contributed by atoms with Crippen LogP contribution in [0.4, 0.5) is 0 Å². The van der Waals surface area contributed by atoms with E-state index in [4.69, 9.17) is 0 Å². The van der Waals surface area contributed by atoms with Crippen LogP contribution in [0.1, 0.15) is 44.2 Å². The fraction of sp³-hybridized carbons (Fsp3) is 0.227. The summed E-state index contributed by atoms with van der Waals surface area (Å²) in [6.45, 7) is 6.18. The number of carbonyl (C=O) groups is 1. The average molecular weight is 302 g/mol. The normalized spacial score (nSPS) is 20.1. The molecule has 2 aromatic rings. The fourth-order valence-corrected chi connectivity index (χ4v) is 3.43. The van der Waals surface area contributed by atoms with Gasteiger partial charge in [0, 0.05) is 17.1 Å². The minimum Gasteiger partial charge on any atom is -0.289 e. The number of carbonyl (C=O) groups excluding carboxylic acids is 1. The topological polar surface area (TPSA) is 17.1 Å². The van der Waals surface area contributed by atoms with Crippen molar-refractivity contribution in [3.63, 3.8) is 0 Å². The van der Waals surface area contributed by atoms with E-state index >= 15 is 0 Å². The minimum absolute atomic E-state index is 0.0473. The van der Waals surface area contributed by atoms with E-state index in [9.17, 15) is 4.79 Å². The van der Waals surface area contributed by atoms with Gasteiger partial charge in [-0.2, -0.15) is 0 Å². The van der Waals surface area contributed by atoms with Gasteiger partial charge in [0.1, 0.15) is 0 Å². The van der Waals surface area contributed by atoms with Crippen molar-refractivity contribution < 1.29 is 4.79 Å². The molecule has 0 saturated carbocycles. The van der Waals surface area contributed by atoms with Gasteiger partial charge in [0.05, 0.1) is 0 Å². The molecule has 1 atom stereocenters. The Bertz CT molecular complexity index is 779. The van der Waals surface area contributed by atoms with Crippen molar-refractivity contribution >= 4 is 11.4 Å². The van der Waals surface area contributed by atoms with Crippen LogP contribution in [0.5, 0.6) is 0 Å². The summed E-state index contributed by atoms with van der Waals surface area (Å²) in [5.41, 5.74) is 6.53. The molecule has 0 heterocycles. The zero-order valence-electron chi connectivity index (χ0n) is 14.0. The molecule has 1 nitrogen and oxygen atoms in total. The zero-order valence-corrected chi connectivity index (χ0v) is 14.0. The monoisotopic (exact) mass is 302 g/mol. The van der Waals surface area contributed by atoms with E-state index in [-0.39, 0.29) is 11.7 Å². The van der Waals surface area contributed by atoms with Crippen molar-refractivity contribution in [2.24, 2.45) is 0 Å². The molecular weight excluding hydrogens is 280 g/mol. The van der Waals surface area contributed by atoms with Crippen LogP contribution in [0.25, 0.3) is 5.57 Å². The van der Waals surface area contributed by atoms with E-state index in [2.05, 4.69) is 50.2 Å². The van der Waals surface area contributed by atoms with Crippen molar-refractivity contribution in [3.8, 4) is 0 Å². The summed E-state index contributed by atoms with van der Waals surface area (Å²) in [5.74, 6) is 0.253. The predicted octanol–water partition coefficient (Wildman–Crippen LogP) is 5.55. The van der Waals surface area contributed by atoms with E-state index in [0.717, 1.165) is 28.7 Å². The molecule has 2 aromatic carbocycles. The molecule has 0 N–H and O–H groups in total. The first-order valence-electron chi connectivity index (χ1n) is 8.20. The number of hydrogen-bond donors (Lipinski definition) is 0. The second-order valence-electron chi connectivity index (χ2n) is 6.13. The Kier molecular flexibility index (Phi) is 4.29. The van der Waals surface area contributed by atoms with E-state index in [1.807, 2.05) is 31.2 Å². The van der Waals surface area contributed by atoms with E-state index in [1.165, 1.54) is 11.1 Å². The number of hydrogen-bond acceptors (Lipinski definition) is 1. The van der Waals surface area contributed by atoms with Crippen molar-refractivity contribution in [3.05, 3.63) is 88.5 Å². The van der Waals surface area contributed by atoms with Crippen LogP contribution in [-0.4, -0.2) is 5.78 Å². The second-order valence-corrected chi connectivity index (χ2v) is 6.13. The molecule has 0 fully saturated rings. The first-order valence-corrected chi connectivity index (χ1v) is 8.20. The van der Waals surface area contributed by atoms with E-state index < -0.39 is 0 Å². The quantitative estimate of drug-likeness (QED) is 0.679. The number of ketones is 1. The van der Waals surface area contributed by atoms with Gasteiger partial charge in [-0.25, -0.2) is 0 Å². The maximum absolute atomic E-state index is 13.0. The van der Waals surface area contributed by atoms with Gasteiger partial charge in [-0.3, -0.25) is 4.79 Å². The van der Waals surface area contributed by atoms with Crippen LogP contribution in [0, 0.1) is 0 Å². The molecule has 1 aliphatic carbocycles. The molecule has 23 heavy (non-hydrogen) atoms. The molecule has 0 aliphatic heterocycles. The van der Waals surface area contributed by atoms with Crippen molar-refractivity contribution in [2.45, 2.75) is 33.1 Å². The molecule has 1 unspecified atom stereocenters. The highest BCUT2D eigenvalue weighted by Crippen LogP contribution is 2.47. The summed E-state index contributed by atoms with van der Waals surface area (Å²) in [6, 6.07) is 20.7. The summed E-state index contributed by atoms with van der Waals surface area (Å²) < 4.78 is 0. The van der Waals surface area contributed by atoms with Gasteiger partial charge in [0.15, 0.2) is 5.78 Å². The lowest BCUT2D eigenvalue weighted by Gasteiger charge is -2.19. The Labute approximate surface area is 138 Å². The van der Waals surface area contributed by atoms with Crippen LogP contribution in [0.3, 0.4) is 0 Å². The summed E-state index contributed by atoms with van der Waals surface area (Å²) in [6.07, 6.45) is 0.903. The van der Waals surface area contributed by atoms with Crippen molar-refractivity contribution in [1.82, 2.24) is 0 Å². The van der Waals surface area contributed by atoms with Gasteiger partial charge in [-0.1, -0.05) is 73.2 Å². The third-order valence-corrected chi connectivity index (χ3v) is 4.77. The fourth-order valence-electron chi connectivity index (χ4n) is 3.43. The van der Waals surface area contributed by atoms with E-state index in [1.54, 1.807) is 0 Å². The Morgan fingerprint density at radius 1 is 0.957 bits per heavy atom. The van der Waals surface area contributed by atoms with Crippen molar-refractivity contribution in [2.75, 3.05) is 0 Å². The van der Waals surface area contributed by atoms with Crippen LogP contribution >= 0.6 is 0 Å². The standard InChI is InChI=1S/C22H22O/c1-4-15(2)19-21(18-13-9-6-10-14-18)20(16(3)22(19)23)17-11-7-5-8-12-17/h5-14,21H,4H2,1-3H3/b19-15-. The van der Waals surface area contributed by atoms with Gasteiger partial charge >= 0.3 is 0 Å². The molecular formula is C22H22O. The summed E-state index contributed by atoms with van der Waals surface area (Å²) in [4.78, 5) is 13.0. The molecule has 0 aromatic heterocycles. The minimum atomic E-state index is 0.0473. The highest BCUT2D eigenvalue weighted by molar-refractivity contribution is 6.20. The van der Waals surface area contributed by atoms with Crippen LogP contribution in [0.15, 0.2) is 77.4 Å². The maximum Gasteiger partial charge on any atom is 0.185 e. The van der Waals surface area contributed by atoms with Crippen LogP contribution < -0.4 is 0 Å². The van der Waals surface area contributed by atoms with Gasteiger partial charge in [0.2, 0.25) is 0 Å². The van der Waals surface area contributed by atoms with Gasteiger partial charge in [-0.15, -0.1) is 0 Å². The number of rotatable bonds is 3. The van der Waals surface area contributed by atoms with Crippen molar-refractivity contribution in [1.29, 1.82) is 0 Å². The predicted molar refractivity (Wildman–Crippen MR) is 96.2 cm³/mol. The number of allylic oxidation sites excluding steroid dienone is 4. The maximum atomic E-state index is 13.0. The SMILES string of the molecule is CC/C(C)=C1\C(=O)C(C)=C(c2ccccc2)C1c1ccccc1. The Morgan fingerprint density at radius 2 is 1.52 bits per heavy atom. The molecule has 1 heteroatoms. The molecule has 3 rings (SSSR count). The number of benzene rings is 2. The molecule has 0 amide bonds. The highest BCUT2D eigenvalue weighted by atomic mass is 16.1. The molecule has 116 valence electrons.